The van der Waals surface area contributed by atoms with Gasteiger partial charge in [-0.1, -0.05) is 11.6 Å². The van der Waals surface area contributed by atoms with E-state index in [9.17, 15) is 4.79 Å². The fourth-order valence-corrected chi connectivity index (χ4v) is 2.22. The van der Waals surface area contributed by atoms with E-state index in [-0.39, 0.29) is 6.04 Å². The van der Waals surface area contributed by atoms with E-state index in [1.807, 2.05) is 32.6 Å². The summed E-state index contributed by atoms with van der Waals surface area (Å²) in [7, 11) is 0. The van der Waals surface area contributed by atoms with Crippen LogP contribution < -0.4 is 10.2 Å². The fourth-order valence-electron chi connectivity index (χ4n) is 2.10. The molecule has 1 aromatic rings. The molecule has 21 heavy (non-hydrogen) atoms. The highest BCUT2D eigenvalue weighted by Gasteiger charge is 2.27. The maximum Gasteiger partial charge on any atom is 0.407 e. The third kappa shape index (κ3) is 4.46. The molecule has 7 heteroatoms. The number of nitrogens with one attached hydrogen (secondary N) is 1. The van der Waals surface area contributed by atoms with E-state index in [1.165, 1.54) is 0 Å². The van der Waals surface area contributed by atoms with Crippen LogP contribution in [0.1, 0.15) is 32.8 Å². The molecule has 1 fully saturated rings. The van der Waals surface area contributed by atoms with Crippen LogP contribution in [0.25, 0.3) is 0 Å². The van der Waals surface area contributed by atoms with E-state index < -0.39 is 11.7 Å². The highest BCUT2D eigenvalue weighted by atomic mass is 35.5. The van der Waals surface area contributed by atoms with Gasteiger partial charge >= 0.3 is 6.09 Å². The number of carbonyl (C=O) groups is 1. The first-order valence-corrected chi connectivity index (χ1v) is 7.36. The van der Waals surface area contributed by atoms with Crippen LogP contribution in [0.2, 0.25) is 5.15 Å². The fraction of sp³-hybridized carbons (Fsp3) is 0.643. The van der Waals surface area contributed by atoms with Crippen molar-refractivity contribution in [3.8, 4) is 0 Å². The molecule has 0 aromatic carbocycles. The Kier molecular flexibility index (Phi) is 4.56. The number of anilines is 1. The molecule has 0 unspecified atom stereocenters. The average molecular weight is 313 g/mol. The van der Waals surface area contributed by atoms with Crippen molar-refractivity contribution in [3.63, 3.8) is 0 Å². The third-order valence-electron chi connectivity index (χ3n) is 3.09. The number of rotatable bonds is 2. The van der Waals surface area contributed by atoms with Crippen LogP contribution >= 0.6 is 11.6 Å². The van der Waals surface area contributed by atoms with Crippen molar-refractivity contribution in [1.29, 1.82) is 0 Å². The molecular formula is C14H21ClN4O2. The lowest BCUT2D eigenvalue weighted by Gasteiger charge is -2.22. The number of amides is 1. The second-order valence-corrected chi connectivity index (χ2v) is 6.58. The summed E-state index contributed by atoms with van der Waals surface area (Å²) in [5.74, 6) is 0.596. The Balaban J connectivity index is 1.91. The van der Waals surface area contributed by atoms with Crippen LogP contribution in [-0.2, 0) is 4.74 Å². The normalized spacial score (nSPS) is 18.7. The van der Waals surface area contributed by atoms with Crippen molar-refractivity contribution in [2.24, 2.45) is 0 Å². The number of hydrogen-bond donors (Lipinski definition) is 1. The number of halogens is 1. The highest BCUT2D eigenvalue weighted by molar-refractivity contribution is 6.30. The Morgan fingerprint density at radius 2 is 2.24 bits per heavy atom. The highest BCUT2D eigenvalue weighted by Crippen LogP contribution is 2.20. The number of nitrogens with zero attached hydrogens (tertiary/aromatic N) is 3. The molecule has 1 aliphatic heterocycles. The summed E-state index contributed by atoms with van der Waals surface area (Å²) in [6, 6.07) is 0.0310. The number of hydrogen-bond acceptors (Lipinski definition) is 5. The largest absolute Gasteiger partial charge is 0.444 e. The molecule has 1 aliphatic rings. The van der Waals surface area contributed by atoms with Crippen LogP contribution in [-0.4, -0.2) is 40.8 Å². The molecule has 0 saturated carbocycles. The molecule has 0 aliphatic carbocycles. The third-order valence-corrected chi connectivity index (χ3v) is 3.47. The van der Waals surface area contributed by atoms with E-state index >= 15 is 0 Å². The Morgan fingerprint density at radius 1 is 1.52 bits per heavy atom. The van der Waals surface area contributed by atoms with Crippen LogP contribution in [0, 0.1) is 6.92 Å². The van der Waals surface area contributed by atoms with Gasteiger partial charge in [0.05, 0.1) is 6.04 Å². The second kappa shape index (κ2) is 6.05. The van der Waals surface area contributed by atoms with E-state index in [0.717, 1.165) is 18.5 Å². The van der Waals surface area contributed by atoms with Gasteiger partial charge in [-0.2, -0.15) is 0 Å². The number of aryl methyl sites for hydroxylation is 1. The predicted octanol–water partition coefficient (Wildman–Crippen LogP) is 2.54. The summed E-state index contributed by atoms with van der Waals surface area (Å²) >= 11 is 6.02. The summed E-state index contributed by atoms with van der Waals surface area (Å²) in [6.45, 7) is 8.82. The zero-order valence-electron chi connectivity index (χ0n) is 12.8. The second-order valence-electron chi connectivity index (χ2n) is 6.22. The lowest BCUT2D eigenvalue weighted by molar-refractivity contribution is 0.0509. The van der Waals surface area contributed by atoms with E-state index in [0.29, 0.717) is 17.6 Å². The zero-order valence-corrected chi connectivity index (χ0v) is 13.6. The van der Waals surface area contributed by atoms with Gasteiger partial charge in [-0.25, -0.2) is 14.8 Å². The minimum Gasteiger partial charge on any atom is -0.444 e. The molecule has 1 N–H and O–H groups in total. The molecule has 1 saturated heterocycles. The van der Waals surface area contributed by atoms with Gasteiger partial charge < -0.3 is 15.0 Å². The molecule has 1 atom stereocenters. The van der Waals surface area contributed by atoms with Gasteiger partial charge in [0.2, 0.25) is 5.95 Å². The smallest absolute Gasteiger partial charge is 0.407 e. The molecule has 0 spiro atoms. The van der Waals surface area contributed by atoms with Crippen molar-refractivity contribution >= 4 is 23.6 Å². The number of carbonyl (C=O) groups excluding carboxylic acids is 1. The summed E-state index contributed by atoms with van der Waals surface area (Å²) in [4.78, 5) is 22.3. The summed E-state index contributed by atoms with van der Waals surface area (Å²) < 4.78 is 5.25. The molecule has 116 valence electrons. The number of ether oxygens (including phenoxy) is 1. The quantitative estimate of drug-likeness (QED) is 0.850. The molecule has 0 bridgehead atoms. The monoisotopic (exact) mass is 312 g/mol. The number of aromatic nitrogens is 2. The van der Waals surface area contributed by atoms with Gasteiger partial charge in [0, 0.05) is 24.8 Å². The Hall–Kier alpha value is -1.56. The minimum atomic E-state index is -0.490. The van der Waals surface area contributed by atoms with Crippen molar-refractivity contribution in [2.45, 2.75) is 45.8 Å². The zero-order chi connectivity index (χ0) is 15.6. The standard InChI is InChI=1S/C14H21ClN4O2/c1-9-7-16-12(18-11(9)15)19-6-5-10(8-19)17-13(20)21-14(2,3)4/h7,10H,5-6,8H2,1-4H3,(H,17,20)/t10-/m0/s1. The van der Waals surface area contributed by atoms with Crippen molar-refractivity contribution in [1.82, 2.24) is 15.3 Å². The van der Waals surface area contributed by atoms with E-state index in [4.69, 9.17) is 16.3 Å². The van der Waals surface area contributed by atoms with Crippen LogP contribution in [0.3, 0.4) is 0 Å². The maximum absolute atomic E-state index is 11.8. The van der Waals surface area contributed by atoms with Crippen molar-refractivity contribution in [2.75, 3.05) is 18.0 Å². The van der Waals surface area contributed by atoms with E-state index in [1.54, 1.807) is 6.20 Å². The Labute approximate surface area is 129 Å². The van der Waals surface area contributed by atoms with Crippen LogP contribution in [0.15, 0.2) is 6.20 Å². The Morgan fingerprint density at radius 3 is 2.86 bits per heavy atom. The van der Waals surface area contributed by atoms with Gasteiger partial charge in [-0.05, 0) is 34.1 Å². The first-order chi connectivity index (χ1) is 9.74. The number of alkyl carbamates (subject to hydrolysis) is 1. The maximum atomic E-state index is 11.8. The summed E-state index contributed by atoms with van der Waals surface area (Å²) in [5, 5.41) is 3.33. The van der Waals surface area contributed by atoms with Gasteiger partial charge in [0.25, 0.3) is 0 Å². The molecule has 6 nitrogen and oxygen atoms in total. The molecule has 2 rings (SSSR count). The first kappa shape index (κ1) is 15.8. The predicted molar refractivity (Wildman–Crippen MR) is 81.8 cm³/mol. The average Bonchev–Trinajstić information content (AvgIpc) is 2.78. The Bertz CT molecular complexity index is 530. The lowest BCUT2D eigenvalue weighted by Crippen LogP contribution is -2.40. The first-order valence-electron chi connectivity index (χ1n) is 6.98. The van der Waals surface area contributed by atoms with E-state index in [2.05, 4.69) is 15.3 Å². The summed E-state index contributed by atoms with van der Waals surface area (Å²) in [5.41, 5.74) is 0.360. The minimum absolute atomic E-state index is 0.0310. The van der Waals surface area contributed by atoms with Gasteiger partial charge in [0.1, 0.15) is 10.8 Å². The summed E-state index contributed by atoms with van der Waals surface area (Å²) in [6.07, 6.45) is 2.14. The van der Waals surface area contributed by atoms with Gasteiger partial charge in [-0.15, -0.1) is 0 Å². The van der Waals surface area contributed by atoms with Gasteiger partial charge in [0.15, 0.2) is 0 Å². The van der Waals surface area contributed by atoms with Crippen molar-refractivity contribution < 1.29 is 9.53 Å². The van der Waals surface area contributed by atoms with Gasteiger partial charge in [-0.3, -0.25) is 0 Å². The molecule has 1 aromatic heterocycles. The molecule has 1 amide bonds. The van der Waals surface area contributed by atoms with Crippen LogP contribution in [0.5, 0.6) is 0 Å². The van der Waals surface area contributed by atoms with Crippen molar-refractivity contribution in [3.05, 3.63) is 16.9 Å². The van der Waals surface area contributed by atoms with Crippen LogP contribution in [0.4, 0.5) is 10.7 Å². The topological polar surface area (TPSA) is 67.4 Å². The SMILES string of the molecule is Cc1cnc(N2CC[C@H](NC(=O)OC(C)(C)C)C2)nc1Cl. The lowest BCUT2D eigenvalue weighted by atomic mass is 10.2. The molecular weight excluding hydrogens is 292 g/mol. The molecule has 0 radical (unpaired) electrons. The molecule has 2 heterocycles.